The van der Waals surface area contributed by atoms with Crippen LogP contribution in [-0.2, 0) is 22.7 Å². The summed E-state index contributed by atoms with van der Waals surface area (Å²) in [6.07, 6.45) is 5.96. The van der Waals surface area contributed by atoms with Gasteiger partial charge in [0.25, 0.3) is 0 Å². The van der Waals surface area contributed by atoms with E-state index in [0.717, 1.165) is 11.1 Å². The molecule has 0 bridgehead atoms. The van der Waals surface area contributed by atoms with Crippen LogP contribution in [0, 0.1) is 12.3 Å². The van der Waals surface area contributed by atoms with Crippen molar-refractivity contribution in [2.75, 3.05) is 7.11 Å². The first-order chi connectivity index (χ1) is 8.26. The van der Waals surface area contributed by atoms with Crippen molar-refractivity contribution in [3.8, 4) is 12.3 Å². The number of amides is 1. The summed E-state index contributed by atoms with van der Waals surface area (Å²) in [6, 6.07) is 7.94. The highest BCUT2D eigenvalue weighted by Gasteiger charge is 2.00. The molecule has 0 saturated carbocycles. The molecule has 0 saturated heterocycles. The lowest BCUT2D eigenvalue weighted by Crippen LogP contribution is -2.22. The van der Waals surface area contributed by atoms with Gasteiger partial charge in [0.05, 0.1) is 6.61 Å². The van der Waals surface area contributed by atoms with Crippen LogP contribution >= 0.6 is 0 Å². The first kappa shape index (κ1) is 13.3. The largest absolute Gasteiger partial charge is 0.380 e. The van der Waals surface area contributed by atoms with Crippen LogP contribution < -0.4 is 5.32 Å². The highest BCUT2D eigenvalue weighted by atomic mass is 16.5. The minimum absolute atomic E-state index is 0.0138. The fourth-order valence-corrected chi connectivity index (χ4v) is 1.47. The van der Waals surface area contributed by atoms with Gasteiger partial charge < -0.3 is 10.1 Å². The van der Waals surface area contributed by atoms with Crippen LogP contribution in [0.2, 0.25) is 0 Å². The zero-order valence-corrected chi connectivity index (χ0v) is 10.0. The summed E-state index contributed by atoms with van der Waals surface area (Å²) in [4.78, 5) is 11.4. The Kier molecular flexibility index (Phi) is 5.84. The number of ether oxygens (including phenoxy) is 1. The summed E-state index contributed by atoms with van der Waals surface area (Å²) in [5.41, 5.74) is 2.16. The van der Waals surface area contributed by atoms with E-state index in [1.807, 2.05) is 24.3 Å². The van der Waals surface area contributed by atoms with Gasteiger partial charge in [0.2, 0.25) is 5.91 Å². The van der Waals surface area contributed by atoms with E-state index in [9.17, 15) is 4.79 Å². The molecule has 17 heavy (non-hydrogen) atoms. The topological polar surface area (TPSA) is 38.3 Å². The molecule has 3 nitrogen and oxygen atoms in total. The highest BCUT2D eigenvalue weighted by Crippen LogP contribution is 2.06. The third-order valence-electron chi connectivity index (χ3n) is 2.29. The van der Waals surface area contributed by atoms with Gasteiger partial charge in [0, 0.05) is 26.5 Å². The van der Waals surface area contributed by atoms with Crippen LogP contribution in [-0.4, -0.2) is 13.0 Å². The molecule has 0 spiro atoms. The molecule has 90 valence electrons. The van der Waals surface area contributed by atoms with Gasteiger partial charge in [-0.1, -0.05) is 24.3 Å². The van der Waals surface area contributed by atoms with E-state index in [4.69, 9.17) is 11.2 Å². The highest BCUT2D eigenvalue weighted by molar-refractivity contribution is 5.76. The molecule has 0 atom stereocenters. The first-order valence-electron chi connectivity index (χ1n) is 5.53. The minimum atomic E-state index is -0.0138. The summed E-state index contributed by atoms with van der Waals surface area (Å²) in [6.45, 7) is 1.11. The smallest absolute Gasteiger partial charge is 0.221 e. The fraction of sp³-hybridized carbons (Fsp3) is 0.357. The average Bonchev–Trinajstić information content (AvgIpc) is 2.35. The second kappa shape index (κ2) is 7.48. The SMILES string of the molecule is C#CCCC(=O)NCc1cccc(COC)c1. The maximum Gasteiger partial charge on any atom is 0.221 e. The Balaban J connectivity index is 2.43. The van der Waals surface area contributed by atoms with Crippen molar-refractivity contribution in [3.05, 3.63) is 35.4 Å². The van der Waals surface area contributed by atoms with Crippen molar-refractivity contribution in [2.45, 2.75) is 26.0 Å². The Labute approximate surface area is 102 Å². The molecular weight excluding hydrogens is 214 g/mol. The summed E-state index contributed by atoms with van der Waals surface area (Å²) >= 11 is 0. The Morgan fingerprint density at radius 2 is 2.24 bits per heavy atom. The van der Waals surface area contributed by atoms with E-state index in [1.165, 1.54) is 0 Å². The molecule has 0 aliphatic heterocycles. The molecule has 0 aliphatic rings. The maximum absolute atomic E-state index is 11.4. The van der Waals surface area contributed by atoms with E-state index < -0.39 is 0 Å². The second-order valence-electron chi connectivity index (χ2n) is 3.73. The molecule has 3 heteroatoms. The zero-order chi connectivity index (χ0) is 12.5. The summed E-state index contributed by atoms with van der Waals surface area (Å²) in [7, 11) is 1.66. The number of terminal acetylenes is 1. The number of carbonyl (C=O) groups is 1. The van der Waals surface area contributed by atoms with Gasteiger partial charge in [0.1, 0.15) is 0 Å². The fourth-order valence-electron chi connectivity index (χ4n) is 1.47. The Hall–Kier alpha value is -1.79. The third-order valence-corrected chi connectivity index (χ3v) is 2.29. The van der Waals surface area contributed by atoms with Crippen molar-refractivity contribution in [1.82, 2.24) is 5.32 Å². The number of benzene rings is 1. The van der Waals surface area contributed by atoms with Gasteiger partial charge in [-0.3, -0.25) is 4.79 Å². The van der Waals surface area contributed by atoms with E-state index in [0.29, 0.717) is 26.0 Å². The molecule has 0 radical (unpaired) electrons. The molecule has 0 aromatic heterocycles. The lowest BCUT2D eigenvalue weighted by Gasteiger charge is -2.06. The van der Waals surface area contributed by atoms with Crippen LogP contribution in [0.15, 0.2) is 24.3 Å². The van der Waals surface area contributed by atoms with Gasteiger partial charge in [-0.05, 0) is 11.1 Å². The molecule has 0 unspecified atom stereocenters. The van der Waals surface area contributed by atoms with E-state index in [-0.39, 0.29) is 5.91 Å². The molecule has 1 N–H and O–H groups in total. The van der Waals surface area contributed by atoms with E-state index >= 15 is 0 Å². The van der Waals surface area contributed by atoms with Crippen LogP contribution in [0.25, 0.3) is 0 Å². The number of hydrogen-bond donors (Lipinski definition) is 1. The summed E-state index contributed by atoms with van der Waals surface area (Å²) in [5, 5.41) is 2.83. The van der Waals surface area contributed by atoms with Crippen molar-refractivity contribution >= 4 is 5.91 Å². The normalized spacial score (nSPS) is 9.65. The number of carbonyl (C=O) groups excluding carboxylic acids is 1. The maximum atomic E-state index is 11.4. The minimum Gasteiger partial charge on any atom is -0.380 e. The number of rotatable bonds is 6. The van der Waals surface area contributed by atoms with E-state index in [1.54, 1.807) is 7.11 Å². The quantitative estimate of drug-likeness (QED) is 0.759. The number of hydrogen-bond acceptors (Lipinski definition) is 2. The lowest BCUT2D eigenvalue weighted by atomic mass is 10.1. The molecule has 1 aromatic rings. The van der Waals surface area contributed by atoms with Gasteiger partial charge in [-0.15, -0.1) is 12.3 Å². The Morgan fingerprint density at radius 3 is 2.94 bits per heavy atom. The van der Waals surface area contributed by atoms with Crippen molar-refractivity contribution in [3.63, 3.8) is 0 Å². The summed E-state index contributed by atoms with van der Waals surface area (Å²) in [5.74, 6) is 2.43. The number of methoxy groups -OCH3 is 1. The van der Waals surface area contributed by atoms with Gasteiger partial charge in [-0.25, -0.2) is 0 Å². The molecular formula is C14H17NO2. The second-order valence-corrected chi connectivity index (χ2v) is 3.73. The van der Waals surface area contributed by atoms with Crippen molar-refractivity contribution < 1.29 is 9.53 Å². The first-order valence-corrected chi connectivity index (χ1v) is 5.53. The zero-order valence-electron chi connectivity index (χ0n) is 10.0. The monoisotopic (exact) mass is 231 g/mol. The lowest BCUT2D eigenvalue weighted by molar-refractivity contribution is -0.121. The van der Waals surface area contributed by atoms with Crippen molar-refractivity contribution in [2.24, 2.45) is 0 Å². The molecule has 1 aromatic carbocycles. The molecule has 1 rings (SSSR count). The summed E-state index contributed by atoms with van der Waals surface area (Å²) < 4.78 is 5.05. The Morgan fingerprint density at radius 1 is 1.47 bits per heavy atom. The van der Waals surface area contributed by atoms with Crippen LogP contribution in [0.5, 0.6) is 0 Å². The average molecular weight is 231 g/mol. The Bertz CT molecular complexity index is 407. The standard InChI is InChI=1S/C14H17NO2/c1-3-4-8-14(16)15-10-12-6-5-7-13(9-12)11-17-2/h1,5-7,9H,4,8,10-11H2,2H3,(H,15,16). The molecule has 0 aliphatic carbocycles. The predicted octanol–water partition coefficient (Wildman–Crippen LogP) is 1.86. The third kappa shape index (κ3) is 5.19. The molecule has 0 fully saturated rings. The van der Waals surface area contributed by atoms with Gasteiger partial charge in [-0.2, -0.15) is 0 Å². The predicted molar refractivity (Wildman–Crippen MR) is 67.1 cm³/mol. The van der Waals surface area contributed by atoms with Crippen LogP contribution in [0.3, 0.4) is 0 Å². The van der Waals surface area contributed by atoms with E-state index in [2.05, 4.69) is 11.2 Å². The molecule has 1 amide bonds. The molecule has 0 heterocycles. The van der Waals surface area contributed by atoms with Crippen molar-refractivity contribution in [1.29, 1.82) is 0 Å². The van der Waals surface area contributed by atoms with Crippen LogP contribution in [0.1, 0.15) is 24.0 Å². The van der Waals surface area contributed by atoms with Crippen LogP contribution in [0.4, 0.5) is 0 Å². The number of nitrogens with one attached hydrogen (secondary N) is 1. The van der Waals surface area contributed by atoms with Gasteiger partial charge in [0.15, 0.2) is 0 Å². The van der Waals surface area contributed by atoms with Gasteiger partial charge >= 0.3 is 0 Å².